The van der Waals surface area contributed by atoms with Gasteiger partial charge in [0.2, 0.25) is 0 Å². The topological polar surface area (TPSA) is 72.9 Å². The molecular formula is C25H27ClNO5PS. The third-order valence-electron chi connectivity index (χ3n) is 4.93. The second-order valence-electron chi connectivity index (χ2n) is 7.47. The van der Waals surface area contributed by atoms with E-state index in [1.165, 1.54) is 18.3 Å². The highest BCUT2D eigenvalue weighted by atomic mass is 35.5. The second kappa shape index (κ2) is 11.9. The Balaban J connectivity index is 1.97. The van der Waals surface area contributed by atoms with E-state index in [0.717, 1.165) is 10.4 Å². The Labute approximate surface area is 209 Å². The molecule has 0 saturated heterocycles. The average Bonchev–Trinajstić information content (AvgIpc) is 3.26. The first kappa shape index (κ1) is 26.3. The molecule has 9 heteroatoms. The van der Waals surface area contributed by atoms with E-state index in [2.05, 4.69) is 0 Å². The van der Waals surface area contributed by atoms with Crippen LogP contribution in [0.2, 0.25) is 5.02 Å². The molecule has 0 atom stereocenters. The Bertz CT molecular complexity index is 1190. The molecule has 180 valence electrons. The van der Waals surface area contributed by atoms with Crippen LogP contribution in [-0.2, 0) is 26.3 Å². The summed E-state index contributed by atoms with van der Waals surface area (Å²) in [6.45, 7) is 5.77. The zero-order valence-corrected chi connectivity index (χ0v) is 21.8. The number of Topliss-reactive ketones (excluding diaryl/α,β-unsaturated/α-hetero) is 1. The molecule has 3 aromatic rings. The van der Waals surface area contributed by atoms with Crippen LogP contribution >= 0.6 is 30.5 Å². The van der Waals surface area contributed by atoms with Gasteiger partial charge in [-0.2, -0.15) is 0 Å². The molecule has 0 spiro atoms. The monoisotopic (exact) mass is 519 g/mol. The van der Waals surface area contributed by atoms with Gasteiger partial charge in [-0.1, -0.05) is 41.9 Å². The largest absolute Gasteiger partial charge is 0.335 e. The lowest BCUT2D eigenvalue weighted by atomic mass is 10.1. The van der Waals surface area contributed by atoms with Crippen LogP contribution in [0.25, 0.3) is 0 Å². The van der Waals surface area contributed by atoms with Crippen molar-refractivity contribution in [3.8, 4) is 0 Å². The number of amides is 1. The first-order valence-corrected chi connectivity index (χ1v) is 13.8. The SMILES string of the molecule is CCOP(=O)(Cc1ccc(C(=O)N(Cc2ccccc2)c2ccc(Cl)cc2C(C)=O)s1)OCC. The highest BCUT2D eigenvalue weighted by Gasteiger charge is 2.28. The van der Waals surface area contributed by atoms with Crippen molar-refractivity contribution < 1.29 is 23.2 Å². The summed E-state index contributed by atoms with van der Waals surface area (Å²) < 4.78 is 23.7. The maximum atomic E-state index is 13.7. The van der Waals surface area contributed by atoms with E-state index in [1.807, 2.05) is 30.3 Å². The smallest absolute Gasteiger partial charge is 0.309 e. The van der Waals surface area contributed by atoms with Gasteiger partial charge in [-0.15, -0.1) is 11.3 Å². The van der Waals surface area contributed by atoms with Crippen molar-refractivity contribution >= 4 is 47.9 Å². The van der Waals surface area contributed by atoms with E-state index in [4.69, 9.17) is 20.6 Å². The van der Waals surface area contributed by atoms with Crippen LogP contribution in [0.1, 0.15) is 51.2 Å². The normalized spacial score (nSPS) is 11.4. The Morgan fingerprint density at radius 1 is 1.00 bits per heavy atom. The molecule has 1 heterocycles. The summed E-state index contributed by atoms with van der Waals surface area (Å²) in [4.78, 5) is 28.8. The number of rotatable bonds is 11. The van der Waals surface area contributed by atoms with Gasteiger partial charge >= 0.3 is 7.60 Å². The molecule has 1 amide bonds. The molecule has 0 N–H and O–H groups in total. The van der Waals surface area contributed by atoms with Crippen LogP contribution in [0.15, 0.2) is 60.7 Å². The minimum Gasteiger partial charge on any atom is -0.309 e. The highest BCUT2D eigenvalue weighted by molar-refractivity contribution is 7.53. The fourth-order valence-corrected chi connectivity index (χ4v) is 6.67. The van der Waals surface area contributed by atoms with Gasteiger partial charge in [0, 0.05) is 15.5 Å². The number of carbonyl (C=O) groups excluding carboxylic acids is 2. The fraction of sp³-hybridized carbons (Fsp3) is 0.280. The summed E-state index contributed by atoms with van der Waals surface area (Å²) in [5.41, 5.74) is 1.76. The Morgan fingerprint density at radius 2 is 1.68 bits per heavy atom. The average molecular weight is 520 g/mol. The van der Waals surface area contributed by atoms with Crippen LogP contribution in [-0.4, -0.2) is 24.9 Å². The van der Waals surface area contributed by atoms with Crippen LogP contribution in [0.5, 0.6) is 0 Å². The van der Waals surface area contributed by atoms with Crippen molar-refractivity contribution in [2.24, 2.45) is 0 Å². The quantitative estimate of drug-likeness (QED) is 0.197. The van der Waals surface area contributed by atoms with E-state index in [0.29, 0.717) is 21.2 Å². The van der Waals surface area contributed by atoms with E-state index < -0.39 is 7.60 Å². The van der Waals surface area contributed by atoms with Crippen molar-refractivity contribution in [3.05, 3.63) is 86.6 Å². The van der Waals surface area contributed by atoms with Crippen LogP contribution in [0.3, 0.4) is 0 Å². The minimum atomic E-state index is -3.29. The zero-order chi connectivity index (χ0) is 24.7. The maximum Gasteiger partial charge on any atom is 0.335 e. The van der Waals surface area contributed by atoms with Crippen molar-refractivity contribution in [1.29, 1.82) is 0 Å². The summed E-state index contributed by atoms with van der Waals surface area (Å²) in [6, 6.07) is 17.9. The molecule has 6 nitrogen and oxygen atoms in total. The molecule has 2 aromatic carbocycles. The predicted octanol–water partition coefficient (Wildman–Crippen LogP) is 7.22. The Morgan fingerprint density at radius 3 is 2.29 bits per heavy atom. The number of halogens is 1. The summed E-state index contributed by atoms with van der Waals surface area (Å²) in [5.74, 6) is -0.461. The summed E-state index contributed by atoms with van der Waals surface area (Å²) >= 11 is 7.37. The van der Waals surface area contributed by atoms with Crippen LogP contribution in [0, 0.1) is 0 Å². The molecule has 0 unspecified atom stereocenters. The van der Waals surface area contributed by atoms with Crippen LogP contribution in [0.4, 0.5) is 5.69 Å². The Kier molecular flexibility index (Phi) is 9.23. The lowest BCUT2D eigenvalue weighted by molar-refractivity contribution is 0.0988. The molecule has 1 aromatic heterocycles. The zero-order valence-electron chi connectivity index (χ0n) is 19.3. The van der Waals surface area contributed by atoms with Gasteiger partial charge in [-0.3, -0.25) is 14.2 Å². The van der Waals surface area contributed by atoms with E-state index in [9.17, 15) is 14.2 Å². The second-order valence-corrected chi connectivity index (χ2v) is 11.1. The molecule has 0 bridgehead atoms. The summed E-state index contributed by atoms with van der Waals surface area (Å²) in [7, 11) is -3.29. The molecule has 0 fully saturated rings. The number of benzene rings is 2. The third-order valence-corrected chi connectivity index (χ3v) is 8.48. The molecular weight excluding hydrogens is 493 g/mol. The number of hydrogen-bond acceptors (Lipinski definition) is 6. The standard InChI is InChI=1S/C25H27ClNO5PS/c1-4-31-33(30,32-5-2)17-21-12-14-24(34-21)25(29)27(16-19-9-7-6-8-10-19)23-13-11-20(26)15-22(23)18(3)28/h6-15H,4-5,16-17H2,1-3H3. The van der Waals surface area contributed by atoms with Gasteiger partial charge in [-0.25, -0.2) is 0 Å². The van der Waals surface area contributed by atoms with Crippen molar-refractivity contribution in [2.45, 2.75) is 33.5 Å². The van der Waals surface area contributed by atoms with Crippen molar-refractivity contribution in [1.82, 2.24) is 0 Å². The van der Waals surface area contributed by atoms with Crippen molar-refractivity contribution in [2.75, 3.05) is 18.1 Å². The number of carbonyl (C=O) groups is 2. The Hall–Kier alpha value is -2.28. The lowest BCUT2D eigenvalue weighted by Gasteiger charge is -2.25. The maximum absolute atomic E-state index is 13.7. The number of anilines is 1. The fourth-order valence-electron chi connectivity index (χ4n) is 3.48. The first-order valence-electron chi connectivity index (χ1n) is 10.9. The van der Waals surface area contributed by atoms with Gasteiger partial charge in [0.05, 0.1) is 36.5 Å². The van der Waals surface area contributed by atoms with Gasteiger partial charge < -0.3 is 13.9 Å². The van der Waals surface area contributed by atoms with Gasteiger partial charge in [0.1, 0.15) is 0 Å². The minimum absolute atomic E-state index is 0.0882. The third kappa shape index (κ3) is 6.65. The number of hydrogen-bond donors (Lipinski definition) is 0. The lowest BCUT2D eigenvalue weighted by Crippen LogP contribution is -2.31. The van der Waals surface area contributed by atoms with Gasteiger partial charge in [0.15, 0.2) is 5.78 Å². The molecule has 0 aliphatic carbocycles. The van der Waals surface area contributed by atoms with Gasteiger partial charge in [-0.05, 0) is 56.7 Å². The summed E-state index contributed by atoms with van der Waals surface area (Å²) in [5, 5.41) is 0.419. The van der Waals surface area contributed by atoms with Crippen molar-refractivity contribution in [3.63, 3.8) is 0 Å². The number of ketones is 1. The van der Waals surface area contributed by atoms with E-state index >= 15 is 0 Å². The molecule has 34 heavy (non-hydrogen) atoms. The number of nitrogens with zero attached hydrogens (tertiary/aromatic N) is 1. The molecule has 3 rings (SSSR count). The first-order chi connectivity index (χ1) is 16.3. The van der Waals surface area contributed by atoms with E-state index in [-0.39, 0.29) is 37.6 Å². The molecule has 0 aliphatic rings. The predicted molar refractivity (Wildman–Crippen MR) is 137 cm³/mol. The molecule has 0 aliphatic heterocycles. The molecule has 0 saturated carbocycles. The molecule has 0 radical (unpaired) electrons. The van der Waals surface area contributed by atoms with Crippen LogP contribution < -0.4 is 4.90 Å². The number of thiophene rings is 1. The summed E-state index contributed by atoms with van der Waals surface area (Å²) in [6.07, 6.45) is 0.0882. The highest BCUT2D eigenvalue weighted by Crippen LogP contribution is 2.52. The van der Waals surface area contributed by atoms with Gasteiger partial charge in [0.25, 0.3) is 5.91 Å². The van der Waals surface area contributed by atoms with E-state index in [1.54, 1.807) is 49.1 Å².